The quantitative estimate of drug-likeness (QED) is 0.673. The van der Waals surface area contributed by atoms with Crippen LogP contribution in [0.4, 0.5) is 0 Å². The van der Waals surface area contributed by atoms with Crippen molar-refractivity contribution >= 4 is 22.9 Å². The van der Waals surface area contributed by atoms with Crippen molar-refractivity contribution in [2.75, 3.05) is 13.7 Å². The van der Waals surface area contributed by atoms with Crippen LogP contribution in [0.2, 0.25) is 0 Å². The fraction of sp³-hybridized carbons (Fsp3) is 0.190. The Kier molecular flexibility index (Phi) is 5.19. The molecule has 128 valence electrons. The summed E-state index contributed by atoms with van der Waals surface area (Å²) in [5, 5.41) is 4.06. The van der Waals surface area contributed by atoms with Gasteiger partial charge in [-0.3, -0.25) is 4.79 Å². The van der Waals surface area contributed by atoms with Gasteiger partial charge in [-0.2, -0.15) is 0 Å². The van der Waals surface area contributed by atoms with Crippen molar-refractivity contribution in [3.63, 3.8) is 0 Å². The number of aryl methyl sites for hydroxylation is 1. The van der Waals surface area contributed by atoms with Crippen molar-refractivity contribution in [2.45, 2.75) is 13.3 Å². The zero-order valence-corrected chi connectivity index (χ0v) is 14.5. The van der Waals surface area contributed by atoms with Crippen LogP contribution in [0, 0.1) is 6.92 Å². The molecule has 0 bridgehead atoms. The number of carbonyl (C=O) groups excluding carboxylic acids is 1. The molecule has 1 amide bonds. The molecule has 2 aromatic carbocycles. The van der Waals surface area contributed by atoms with E-state index in [4.69, 9.17) is 4.74 Å². The minimum atomic E-state index is -0.0827. The summed E-state index contributed by atoms with van der Waals surface area (Å²) in [5.41, 5.74) is 4.44. The second-order valence-electron chi connectivity index (χ2n) is 5.96. The lowest BCUT2D eigenvalue weighted by atomic mass is 10.1. The molecule has 3 aromatic rings. The Balaban J connectivity index is 1.58. The molecule has 3 rings (SSSR count). The third-order valence-corrected chi connectivity index (χ3v) is 4.27. The summed E-state index contributed by atoms with van der Waals surface area (Å²) in [6.45, 7) is 2.62. The third-order valence-electron chi connectivity index (χ3n) is 4.27. The predicted octanol–water partition coefficient (Wildman–Crippen LogP) is 3.86. The third kappa shape index (κ3) is 4.10. The molecule has 0 spiro atoms. The lowest BCUT2D eigenvalue weighted by Gasteiger charge is -2.04. The number of fused-ring (bicyclic) bond motifs is 1. The summed E-state index contributed by atoms with van der Waals surface area (Å²) in [6, 6.07) is 13.9. The monoisotopic (exact) mass is 334 g/mol. The number of aromatic amines is 1. The zero-order chi connectivity index (χ0) is 17.6. The number of carbonyl (C=O) groups is 1. The molecule has 0 saturated carbocycles. The lowest BCUT2D eigenvalue weighted by Crippen LogP contribution is -2.23. The van der Waals surface area contributed by atoms with Crippen molar-refractivity contribution in [3.8, 4) is 5.75 Å². The van der Waals surface area contributed by atoms with Crippen LogP contribution in [0.1, 0.15) is 16.7 Å². The van der Waals surface area contributed by atoms with Gasteiger partial charge in [0, 0.05) is 29.7 Å². The molecule has 1 aromatic heterocycles. The maximum absolute atomic E-state index is 12.0. The van der Waals surface area contributed by atoms with Gasteiger partial charge in [0.15, 0.2) is 0 Å². The first-order valence-electron chi connectivity index (χ1n) is 8.33. The Morgan fingerprint density at radius 3 is 2.88 bits per heavy atom. The SMILES string of the molecule is COc1ccc2[nH]cc(CCNC(=O)C=Cc3ccccc3C)c2c1. The normalized spacial score (nSPS) is 11.1. The first kappa shape index (κ1) is 16.8. The Labute approximate surface area is 147 Å². The molecule has 4 heteroatoms. The molecule has 0 radical (unpaired) electrons. The van der Waals surface area contributed by atoms with E-state index in [0.717, 1.165) is 39.8 Å². The molecule has 2 N–H and O–H groups in total. The van der Waals surface area contributed by atoms with Crippen molar-refractivity contribution in [2.24, 2.45) is 0 Å². The standard InChI is InChI=1S/C21H22N2O2/c1-15-5-3-4-6-16(15)7-10-21(24)22-12-11-17-14-23-20-9-8-18(25-2)13-19(17)20/h3-10,13-14,23H,11-12H2,1-2H3,(H,22,24). The van der Waals surface area contributed by atoms with Crippen LogP contribution in [0.15, 0.2) is 54.7 Å². The van der Waals surface area contributed by atoms with E-state index in [1.54, 1.807) is 13.2 Å². The molecule has 0 aliphatic rings. The Morgan fingerprint density at radius 1 is 1.24 bits per heavy atom. The smallest absolute Gasteiger partial charge is 0.244 e. The number of aromatic nitrogens is 1. The largest absolute Gasteiger partial charge is 0.497 e. The van der Waals surface area contributed by atoms with Crippen molar-refractivity contribution in [1.29, 1.82) is 0 Å². The van der Waals surface area contributed by atoms with Gasteiger partial charge in [0.1, 0.15) is 5.75 Å². The van der Waals surface area contributed by atoms with Gasteiger partial charge in [-0.25, -0.2) is 0 Å². The van der Waals surface area contributed by atoms with Crippen LogP contribution < -0.4 is 10.1 Å². The highest BCUT2D eigenvalue weighted by Gasteiger charge is 2.05. The van der Waals surface area contributed by atoms with Crippen LogP contribution in [-0.2, 0) is 11.2 Å². The molecule has 25 heavy (non-hydrogen) atoms. The summed E-state index contributed by atoms with van der Waals surface area (Å²) in [5.74, 6) is 0.749. The van der Waals surface area contributed by atoms with Crippen molar-refractivity contribution in [3.05, 3.63) is 71.4 Å². The Morgan fingerprint density at radius 2 is 2.08 bits per heavy atom. The van der Waals surface area contributed by atoms with E-state index in [9.17, 15) is 4.79 Å². The number of ether oxygens (including phenoxy) is 1. The molecule has 0 aliphatic carbocycles. The van der Waals surface area contributed by atoms with Crippen LogP contribution in [-0.4, -0.2) is 24.5 Å². The second-order valence-corrected chi connectivity index (χ2v) is 5.96. The lowest BCUT2D eigenvalue weighted by molar-refractivity contribution is -0.116. The van der Waals surface area contributed by atoms with Crippen LogP contribution in [0.5, 0.6) is 5.75 Å². The van der Waals surface area contributed by atoms with E-state index in [1.807, 2.05) is 61.7 Å². The van der Waals surface area contributed by atoms with E-state index < -0.39 is 0 Å². The molecule has 0 atom stereocenters. The van der Waals surface area contributed by atoms with Gasteiger partial charge in [0.25, 0.3) is 0 Å². The van der Waals surface area contributed by atoms with Crippen molar-refractivity contribution in [1.82, 2.24) is 10.3 Å². The number of rotatable bonds is 6. The van der Waals surface area contributed by atoms with Crippen molar-refractivity contribution < 1.29 is 9.53 Å². The zero-order valence-electron chi connectivity index (χ0n) is 14.5. The van der Waals surface area contributed by atoms with Crippen LogP contribution in [0.3, 0.4) is 0 Å². The van der Waals surface area contributed by atoms with E-state index in [2.05, 4.69) is 10.3 Å². The molecule has 1 heterocycles. The first-order valence-corrected chi connectivity index (χ1v) is 8.33. The van der Waals surface area contributed by atoms with Crippen LogP contribution in [0.25, 0.3) is 17.0 Å². The van der Waals surface area contributed by atoms with Gasteiger partial charge in [0.05, 0.1) is 7.11 Å². The van der Waals surface area contributed by atoms with Gasteiger partial charge in [-0.05, 0) is 54.3 Å². The average Bonchev–Trinajstić information content (AvgIpc) is 3.03. The summed E-state index contributed by atoms with van der Waals surface area (Å²) in [4.78, 5) is 15.2. The maximum Gasteiger partial charge on any atom is 0.244 e. The highest BCUT2D eigenvalue weighted by molar-refractivity contribution is 5.92. The summed E-state index contributed by atoms with van der Waals surface area (Å²) in [7, 11) is 1.66. The number of H-pyrrole nitrogens is 1. The topological polar surface area (TPSA) is 54.1 Å². The van der Waals surface area contributed by atoms with Gasteiger partial charge in [-0.1, -0.05) is 24.3 Å². The highest BCUT2D eigenvalue weighted by atomic mass is 16.5. The van der Waals surface area contributed by atoms with E-state index >= 15 is 0 Å². The van der Waals surface area contributed by atoms with Gasteiger partial charge >= 0.3 is 0 Å². The molecule has 0 aliphatic heterocycles. The fourth-order valence-corrected chi connectivity index (χ4v) is 2.81. The summed E-state index contributed by atoms with van der Waals surface area (Å²) in [6.07, 6.45) is 6.18. The van der Waals surface area contributed by atoms with E-state index in [1.165, 1.54) is 0 Å². The highest BCUT2D eigenvalue weighted by Crippen LogP contribution is 2.23. The predicted molar refractivity (Wildman–Crippen MR) is 102 cm³/mol. The molecule has 4 nitrogen and oxygen atoms in total. The van der Waals surface area contributed by atoms with Gasteiger partial charge in [-0.15, -0.1) is 0 Å². The molecule has 0 fully saturated rings. The Bertz CT molecular complexity index is 909. The maximum atomic E-state index is 12.0. The number of nitrogens with one attached hydrogen (secondary N) is 2. The minimum absolute atomic E-state index is 0.0827. The first-order chi connectivity index (χ1) is 12.2. The van der Waals surface area contributed by atoms with Gasteiger partial charge < -0.3 is 15.0 Å². The number of amides is 1. The molecule has 0 saturated heterocycles. The number of hydrogen-bond acceptors (Lipinski definition) is 2. The van der Waals surface area contributed by atoms with E-state index in [0.29, 0.717) is 6.54 Å². The summed E-state index contributed by atoms with van der Waals surface area (Å²) < 4.78 is 5.28. The number of hydrogen-bond donors (Lipinski definition) is 2. The summed E-state index contributed by atoms with van der Waals surface area (Å²) >= 11 is 0. The average molecular weight is 334 g/mol. The number of methoxy groups -OCH3 is 1. The molecular weight excluding hydrogens is 312 g/mol. The Hall–Kier alpha value is -3.01. The van der Waals surface area contributed by atoms with Gasteiger partial charge in [0.2, 0.25) is 5.91 Å². The number of benzene rings is 2. The fourth-order valence-electron chi connectivity index (χ4n) is 2.81. The van der Waals surface area contributed by atoms with Crippen LogP contribution >= 0.6 is 0 Å². The molecular formula is C21H22N2O2. The minimum Gasteiger partial charge on any atom is -0.497 e. The van der Waals surface area contributed by atoms with E-state index in [-0.39, 0.29) is 5.91 Å². The molecule has 0 unspecified atom stereocenters. The second kappa shape index (κ2) is 7.71.